The lowest BCUT2D eigenvalue weighted by molar-refractivity contribution is 0.720. The number of hydrogen-bond acceptors (Lipinski definition) is 4. The van der Waals surface area contributed by atoms with Gasteiger partial charge in [0.25, 0.3) is 0 Å². The van der Waals surface area contributed by atoms with Gasteiger partial charge in [0.05, 0.1) is 6.54 Å². The largest absolute Gasteiger partial charge is 0.347 e. The van der Waals surface area contributed by atoms with E-state index < -0.39 is 0 Å². The van der Waals surface area contributed by atoms with E-state index in [9.17, 15) is 4.79 Å². The highest BCUT2D eigenvalue weighted by Gasteiger charge is 2.01. The third kappa shape index (κ3) is 2.55. The van der Waals surface area contributed by atoms with E-state index in [4.69, 9.17) is 5.26 Å². The van der Waals surface area contributed by atoms with Crippen LogP contribution in [0.5, 0.6) is 0 Å². The third-order valence-corrected chi connectivity index (χ3v) is 2.28. The van der Waals surface area contributed by atoms with E-state index in [1.807, 2.05) is 13.0 Å². The second-order valence-corrected chi connectivity index (χ2v) is 3.70. The molecular weight excluding hydrogens is 216 g/mol. The maximum absolute atomic E-state index is 11.5. The Morgan fingerprint density at radius 2 is 2.29 bits per heavy atom. The van der Waals surface area contributed by atoms with Crippen molar-refractivity contribution >= 4 is 0 Å². The number of nitrogens with zero attached hydrogens (tertiary/aromatic N) is 4. The molecule has 0 saturated carbocycles. The fourth-order valence-electron chi connectivity index (χ4n) is 1.51. The number of nitriles is 1. The summed E-state index contributed by atoms with van der Waals surface area (Å²) in [6.45, 7) is 2.26. The Morgan fingerprint density at radius 1 is 1.47 bits per heavy atom. The molecule has 0 radical (unpaired) electrons. The van der Waals surface area contributed by atoms with Crippen molar-refractivity contribution in [3.8, 4) is 6.07 Å². The van der Waals surface area contributed by atoms with E-state index in [0.717, 1.165) is 11.1 Å². The maximum Gasteiger partial charge on any atom is 0.347 e. The molecule has 0 N–H and O–H groups in total. The fraction of sp³-hybridized carbons (Fsp3) is 0.167. The first-order chi connectivity index (χ1) is 8.19. The molecular formula is C12H10N4O. The van der Waals surface area contributed by atoms with Crippen molar-refractivity contribution in [1.29, 1.82) is 5.26 Å². The van der Waals surface area contributed by atoms with Gasteiger partial charge in [-0.1, -0.05) is 0 Å². The number of aromatic nitrogens is 3. The van der Waals surface area contributed by atoms with E-state index in [-0.39, 0.29) is 5.69 Å². The summed E-state index contributed by atoms with van der Waals surface area (Å²) >= 11 is 0. The Hall–Kier alpha value is -2.48. The van der Waals surface area contributed by atoms with E-state index in [1.165, 1.54) is 10.8 Å². The van der Waals surface area contributed by atoms with Crippen LogP contribution in [0.15, 0.2) is 35.5 Å². The van der Waals surface area contributed by atoms with Crippen molar-refractivity contribution in [2.75, 3.05) is 0 Å². The smallest absolute Gasteiger partial charge is 0.294 e. The van der Waals surface area contributed by atoms with Gasteiger partial charge in [0.2, 0.25) is 0 Å². The number of aryl methyl sites for hydroxylation is 1. The number of hydrogen-bond donors (Lipinski definition) is 0. The number of pyridine rings is 1. The Labute approximate surface area is 98.0 Å². The number of rotatable bonds is 2. The standard InChI is InChI=1S/C12H10N4O/c1-9-6-15-12(17)16(7-9)8-10-2-3-14-11(4-10)5-13/h2-4,6-7H,8H2,1H3. The van der Waals surface area contributed by atoms with Gasteiger partial charge in [-0.25, -0.2) is 14.8 Å². The molecule has 0 fully saturated rings. The van der Waals surface area contributed by atoms with Gasteiger partial charge >= 0.3 is 5.69 Å². The minimum absolute atomic E-state index is 0.300. The van der Waals surface area contributed by atoms with Crippen LogP contribution in [0.25, 0.3) is 0 Å². The van der Waals surface area contributed by atoms with E-state index in [2.05, 4.69) is 9.97 Å². The minimum Gasteiger partial charge on any atom is -0.294 e. The summed E-state index contributed by atoms with van der Waals surface area (Å²) in [4.78, 5) is 19.1. The molecule has 0 saturated heterocycles. The topological polar surface area (TPSA) is 71.6 Å². The highest BCUT2D eigenvalue weighted by Crippen LogP contribution is 2.03. The molecule has 17 heavy (non-hydrogen) atoms. The lowest BCUT2D eigenvalue weighted by Gasteiger charge is -2.05. The van der Waals surface area contributed by atoms with Gasteiger partial charge in [-0.15, -0.1) is 0 Å². The summed E-state index contributed by atoms with van der Waals surface area (Å²) in [6, 6.07) is 5.40. The second-order valence-electron chi connectivity index (χ2n) is 3.70. The Balaban J connectivity index is 2.35. The first-order valence-electron chi connectivity index (χ1n) is 5.07. The fourth-order valence-corrected chi connectivity index (χ4v) is 1.51. The molecule has 2 aromatic heterocycles. The average Bonchev–Trinajstić information content (AvgIpc) is 2.34. The second kappa shape index (κ2) is 4.58. The lowest BCUT2D eigenvalue weighted by atomic mass is 10.2. The molecule has 5 heteroatoms. The van der Waals surface area contributed by atoms with Crippen LogP contribution in [0, 0.1) is 18.3 Å². The molecule has 0 unspecified atom stereocenters. The lowest BCUT2D eigenvalue weighted by Crippen LogP contribution is -2.22. The first kappa shape index (κ1) is 11.0. The van der Waals surface area contributed by atoms with E-state index in [1.54, 1.807) is 24.5 Å². The maximum atomic E-state index is 11.5. The molecule has 0 aliphatic heterocycles. The van der Waals surface area contributed by atoms with Crippen LogP contribution in [-0.4, -0.2) is 14.5 Å². The van der Waals surface area contributed by atoms with Crippen molar-refractivity contribution in [2.24, 2.45) is 0 Å². The molecule has 2 heterocycles. The predicted molar refractivity (Wildman–Crippen MR) is 61.3 cm³/mol. The van der Waals surface area contributed by atoms with E-state index >= 15 is 0 Å². The molecule has 0 aliphatic rings. The van der Waals surface area contributed by atoms with Crippen molar-refractivity contribution < 1.29 is 0 Å². The van der Waals surface area contributed by atoms with E-state index in [0.29, 0.717) is 12.2 Å². The SMILES string of the molecule is Cc1cnc(=O)n(Cc2ccnc(C#N)c2)c1. The van der Waals surface area contributed by atoms with Crippen LogP contribution in [0.2, 0.25) is 0 Å². The summed E-state index contributed by atoms with van der Waals surface area (Å²) in [5, 5.41) is 8.73. The molecule has 2 aromatic rings. The van der Waals surface area contributed by atoms with Crippen LogP contribution in [0.1, 0.15) is 16.8 Å². The molecule has 84 valence electrons. The summed E-state index contributed by atoms with van der Waals surface area (Å²) in [7, 11) is 0. The van der Waals surface area contributed by atoms with Crippen molar-refractivity contribution in [3.63, 3.8) is 0 Å². The zero-order valence-electron chi connectivity index (χ0n) is 9.29. The normalized spacial score (nSPS) is 9.88. The predicted octanol–water partition coefficient (Wildman–Crippen LogP) is 0.867. The monoisotopic (exact) mass is 226 g/mol. The highest BCUT2D eigenvalue weighted by molar-refractivity contribution is 5.25. The van der Waals surface area contributed by atoms with Crippen LogP contribution >= 0.6 is 0 Å². The van der Waals surface area contributed by atoms with Crippen LogP contribution in [0.4, 0.5) is 0 Å². The van der Waals surface area contributed by atoms with Crippen LogP contribution < -0.4 is 5.69 Å². The third-order valence-electron chi connectivity index (χ3n) is 2.28. The van der Waals surface area contributed by atoms with Gasteiger partial charge in [0, 0.05) is 18.6 Å². The van der Waals surface area contributed by atoms with Crippen molar-refractivity contribution in [1.82, 2.24) is 14.5 Å². The Kier molecular flexibility index (Phi) is 2.97. The molecule has 0 atom stereocenters. The molecule has 0 aliphatic carbocycles. The summed E-state index contributed by atoms with van der Waals surface area (Å²) in [5.41, 5.74) is 1.81. The quantitative estimate of drug-likeness (QED) is 0.761. The molecule has 0 spiro atoms. The Morgan fingerprint density at radius 3 is 3.06 bits per heavy atom. The van der Waals surface area contributed by atoms with Gasteiger partial charge in [-0.3, -0.25) is 4.57 Å². The molecule has 0 bridgehead atoms. The summed E-state index contributed by atoms with van der Waals surface area (Å²) in [6.07, 6.45) is 4.83. The van der Waals surface area contributed by atoms with Crippen molar-refractivity contribution in [3.05, 3.63) is 58.0 Å². The first-order valence-corrected chi connectivity index (χ1v) is 5.07. The Bertz CT molecular complexity index is 639. The van der Waals surface area contributed by atoms with Gasteiger partial charge < -0.3 is 0 Å². The van der Waals surface area contributed by atoms with Crippen LogP contribution in [-0.2, 0) is 6.54 Å². The summed E-state index contributed by atoms with van der Waals surface area (Å²) < 4.78 is 1.51. The molecule has 5 nitrogen and oxygen atoms in total. The highest BCUT2D eigenvalue weighted by atomic mass is 16.1. The minimum atomic E-state index is -0.300. The zero-order chi connectivity index (χ0) is 12.3. The average molecular weight is 226 g/mol. The van der Waals surface area contributed by atoms with Gasteiger partial charge in [-0.2, -0.15) is 5.26 Å². The summed E-state index contributed by atoms with van der Waals surface area (Å²) in [5.74, 6) is 0. The van der Waals surface area contributed by atoms with Crippen molar-refractivity contribution in [2.45, 2.75) is 13.5 Å². The zero-order valence-corrected chi connectivity index (χ0v) is 9.29. The molecule has 0 aromatic carbocycles. The molecule has 2 rings (SSSR count). The van der Waals surface area contributed by atoms with Gasteiger partial charge in [-0.05, 0) is 30.2 Å². The van der Waals surface area contributed by atoms with Gasteiger partial charge in [0.1, 0.15) is 11.8 Å². The van der Waals surface area contributed by atoms with Crippen LogP contribution in [0.3, 0.4) is 0 Å². The molecule has 0 amide bonds. The van der Waals surface area contributed by atoms with Gasteiger partial charge in [0.15, 0.2) is 0 Å².